The normalized spacial score (nSPS) is 14.6. The largest absolute Gasteiger partial charge is 0.356 e. The first-order valence-electron chi connectivity index (χ1n) is 7.18. The molecule has 0 aliphatic carbocycles. The fraction of sp³-hybridized carbons (Fsp3) is 0.200. The van der Waals surface area contributed by atoms with Gasteiger partial charge in [-0.15, -0.1) is 0 Å². The van der Waals surface area contributed by atoms with Crippen LogP contribution in [0.15, 0.2) is 46.2 Å². The minimum atomic E-state index is -3.81. The van der Waals surface area contributed by atoms with Crippen LogP contribution in [0.1, 0.15) is 11.1 Å². The second-order valence-electron chi connectivity index (χ2n) is 5.37. The van der Waals surface area contributed by atoms with E-state index in [9.17, 15) is 8.42 Å². The molecular weight excluding hydrogens is 316 g/mol. The predicted octanol–water partition coefficient (Wildman–Crippen LogP) is 1.67. The van der Waals surface area contributed by atoms with E-state index in [1.165, 1.54) is 18.0 Å². The van der Waals surface area contributed by atoms with Crippen molar-refractivity contribution in [3.05, 3.63) is 47.8 Å². The quantitative estimate of drug-likeness (QED) is 0.758. The summed E-state index contributed by atoms with van der Waals surface area (Å²) in [5.74, 6) is 0. The highest BCUT2D eigenvalue weighted by Crippen LogP contribution is 2.24. The molecule has 7 nitrogen and oxygen atoms in total. The molecule has 1 aliphatic rings. The number of pyridine rings is 1. The van der Waals surface area contributed by atoms with Crippen molar-refractivity contribution in [2.75, 3.05) is 11.3 Å². The average Bonchev–Trinajstić information content (AvgIpc) is 3.02. The Bertz CT molecular complexity index is 981. The Hall–Kier alpha value is -2.45. The highest BCUT2D eigenvalue weighted by molar-refractivity contribution is 7.92. The summed E-state index contributed by atoms with van der Waals surface area (Å²) < 4.78 is 32.8. The van der Waals surface area contributed by atoms with Crippen LogP contribution >= 0.6 is 0 Å². The van der Waals surface area contributed by atoms with Crippen LogP contribution < -0.4 is 10.0 Å². The van der Waals surface area contributed by atoms with E-state index in [1.807, 2.05) is 12.1 Å². The van der Waals surface area contributed by atoms with Crippen molar-refractivity contribution in [3.8, 4) is 0 Å². The Morgan fingerprint density at radius 1 is 1.22 bits per heavy atom. The molecule has 0 saturated carbocycles. The van der Waals surface area contributed by atoms with Crippen LogP contribution in [0.5, 0.6) is 0 Å². The monoisotopic (exact) mass is 330 g/mol. The van der Waals surface area contributed by atoms with Gasteiger partial charge in [0.2, 0.25) is 0 Å². The van der Waals surface area contributed by atoms with Gasteiger partial charge in [0, 0.05) is 24.5 Å². The van der Waals surface area contributed by atoms with Gasteiger partial charge in [-0.05, 0) is 36.2 Å². The zero-order chi connectivity index (χ0) is 15.9. The Morgan fingerprint density at radius 3 is 3.04 bits per heavy atom. The molecule has 0 fully saturated rings. The molecule has 0 spiro atoms. The minimum absolute atomic E-state index is 0.0874. The molecule has 118 valence electrons. The van der Waals surface area contributed by atoms with Crippen LogP contribution in [0.2, 0.25) is 0 Å². The van der Waals surface area contributed by atoms with Gasteiger partial charge in [0.15, 0.2) is 10.6 Å². The number of fused-ring (bicyclic) bond motifs is 2. The maximum atomic E-state index is 12.6. The second kappa shape index (κ2) is 5.32. The molecule has 0 atom stereocenters. The number of nitrogens with one attached hydrogen (secondary N) is 2. The number of hydrogen-bond donors (Lipinski definition) is 2. The first kappa shape index (κ1) is 14.2. The van der Waals surface area contributed by atoms with Crippen LogP contribution in [0, 0.1) is 0 Å². The van der Waals surface area contributed by atoms with Gasteiger partial charge in [0.25, 0.3) is 10.0 Å². The van der Waals surface area contributed by atoms with Crippen molar-refractivity contribution in [1.82, 2.24) is 15.5 Å². The number of sulfonamides is 1. The van der Waals surface area contributed by atoms with Crippen molar-refractivity contribution in [2.45, 2.75) is 18.0 Å². The zero-order valence-electron chi connectivity index (χ0n) is 12.1. The highest BCUT2D eigenvalue weighted by atomic mass is 32.2. The maximum absolute atomic E-state index is 12.6. The lowest BCUT2D eigenvalue weighted by atomic mass is 10.0. The van der Waals surface area contributed by atoms with Gasteiger partial charge in [-0.3, -0.25) is 4.72 Å². The van der Waals surface area contributed by atoms with E-state index in [0.717, 1.165) is 25.1 Å². The molecule has 0 bridgehead atoms. The summed E-state index contributed by atoms with van der Waals surface area (Å²) in [4.78, 5) is 3.97. The van der Waals surface area contributed by atoms with E-state index >= 15 is 0 Å². The number of benzene rings is 1. The third-order valence-electron chi connectivity index (χ3n) is 3.85. The highest BCUT2D eigenvalue weighted by Gasteiger charge is 2.21. The Kier molecular flexibility index (Phi) is 3.28. The summed E-state index contributed by atoms with van der Waals surface area (Å²) in [6.45, 7) is 1.70. The number of rotatable bonds is 3. The molecule has 0 amide bonds. The van der Waals surface area contributed by atoms with E-state index in [-0.39, 0.29) is 5.03 Å². The Labute approximate surface area is 132 Å². The van der Waals surface area contributed by atoms with E-state index in [2.05, 4.69) is 20.2 Å². The van der Waals surface area contributed by atoms with Crippen molar-refractivity contribution >= 4 is 26.7 Å². The summed E-state index contributed by atoms with van der Waals surface area (Å²) in [7, 11) is -3.81. The molecule has 0 saturated heterocycles. The molecule has 23 heavy (non-hydrogen) atoms. The standard InChI is InChI=1S/C15H14N4O3S/c20-23(21,15-13-9-18-22-14(13)4-6-17-15)19-12-2-1-11-8-16-5-3-10(11)7-12/h1-2,4,6-7,9,16,19H,3,5,8H2. The number of aromatic nitrogens is 2. The lowest BCUT2D eigenvalue weighted by Crippen LogP contribution is -2.23. The fourth-order valence-corrected chi connectivity index (χ4v) is 3.91. The molecule has 1 aromatic carbocycles. The molecule has 2 aromatic heterocycles. The van der Waals surface area contributed by atoms with Crippen LogP contribution in [-0.2, 0) is 23.0 Å². The van der Waals surface area contributed by atoms with Crippen LogP contribution in [0.4, 0.5) is 5.69 Å². The first-order chi connectivity index (χ1) is 11.1. The summed E-state index contributed by atoms with van der Waals surface area (Å²) in [5, 5.41) is 7.19. The second-order valence-corrected chi connectivity index (χ2v) is 6.97. The molecule has 8 heteroatoms. The van der Waals surface area contributed by atoms with Gasteiger partial charge in [0.1, 0.15) is 0 Å². The average molecular weight is 330 g/mol. The van der Waals surface area contributed by atoms with Gasteiger partial charge in [0.05, 0.1) is 11.6 Å². The number of hydrogen-bond acceptors (Lipinski definition) is 6. The molecule has 1 aliphatic heterocycles. The number of nitrogens with zero attached hydrogens (tertiary/aromatic N) is 2. The summed E-state index contributed by atoms with van der Waals surface area (Å²) >= 11 is 0. The first-order valence-corrected chi connectivity index (χ1v) is 8.66. The molecule has 0 radical (unpaired) electrons. The fourth-order valence-electron chi connectivity index (χ4n) is 2.73. The molecule has 2 N–H and O–H groups in total. The van der Waals surface area contributed by atoms with E-state index in [4.69, 9.17) is 4.52 Å². The van der Waals surface area contributed by atoms with Crippen molar-refractivity contribution < 1.29 is 12.9 Å². The number of anilines is 1. The van der Waals surface area contributed by atoms with E-state index in [1.54, 1.807) is 12.1 Å². The van der Waals surface area contributed by atoms with Crippen LogP contribution in [-0.4, -0.2) is 25.1 Å². The van der Waals surface area contributed by atoms with Gasteiger partial charge in [-0.2, -0.15) is 8.42 Å². The van der Waals surface area contributed by atoms with Crippen molar-refractivity contribution in [2.24, 2.45) is 0 Å². The molecule has 3 heterocycles. The summed E-state index contributed by atoms with van der Waals surface area (Å²) in [6, 6.07) is 7.15. The molecule has 0 unspecified atom stereocenters. The third-order valence-corrected chi connectivity index (χ3v) is 5.18. The van der Waals surface area contributed by atoms with Gasteiger partial charge < -0.3 is 9.84 Å². The van der Waals surface area contributed by atoms with Gasteiger partial charge in [-0.25, -0.2) is 4.98 Å². The van der Waals surface area contributed by atoms with E-state index < -0.39 is 10.0 Å². The maximum Gasteiger partial charge on any atom is 0.280 e. The Morgan fingerprint density at radius 2 is 2.13 bits per heavy atom. The third kappa shape index (κ3) is 2.55. The molecule has 4 rings (SSSR count). The molecular formula is C15H14N4O3S. The summed E-state index contributed by atoms with van der Waals surface area (Å²) in [6.07, 6.45) is 3.63. The van der Waals surface area contributed by atoms with Crippen molar-refractivity contribution in [3.63, 3.8) is 0 Å². The molecule has 3 aromatic rings. The van der Waals surface area contributed by atoms with E-state index in [0.29, 0.717) is 16.7 Å². The predicted molar refractivity (Wildman–Crippen MR) is 84.5 cm³/mol. The summed E-state index contributed by atoms with van der Waals surface area (Å²) in [5.41, 5.74) is 3.26. The lowest BCUT2D eigenvalue weighted by Gasteiger charge is -2.18. The topological polar surface area (TPSA) is 97.1 Å². The SMILES string of the molecule is O=S(=O)(Nc1ccc2c(c1)CCNC2)c1nccc2oncc12. The minimum Gasteiger partial charge on any atom is -0.356 e. The zero-order valence-corrected chi connectivity index (χ0v) is 12.9. The Balaban J connectivity index is 1.71. The van der Waals surface area contributed by atoms with Gasteiger partial charge >= 0.3 is 0 Å². The van der Waals surface area contributed by atoms with Crippen molar-refractivity contribution in [1.29, 1.82) is 0 Å². The smallest absolute Gasteiger partial charge is 0.280 e. The van der Waals surface area contributed by atoms with Crippen LogP contribution in [0.25, 0.3) is 11.0 Å². The lowest BCUT2D eigenvalue weighted by molar-refractivity contribution is 0.456. The van der Waals surface area contributed by atoms with Crippen LogP contribution in [0.3, 0.4) is 0 Å². The van der Waals surface area contributed by atoms with Gasteiger partial charge in [-0.1, -0.05) is 11.2 Å².